The minimum absolute atomic E-state index is 0.138. The quantitative estimate of drug-likeness (QED) is 0.599. The minimum Gasteiger partial charge on any atom is -0.468 e. The Hall–Kier alpha value is -0.830. The Bertz CT molecular complexity index is 398. The fourth-order valence-electron chi connectivity index (χ4n) is 3.79. The second-order valence-electron chi connectivity index (χ2n) is 7.41. The van der Waals surface area contributed by atoms with Crippen LogP contribution in [0.25, 0.3) is 0 Å². The average Bonchev–Trinajstić information content (AvgIpc) is 2.42. The van der Waals surface area contributed by atoms with Crippen LogP contribution in [0.2, 0.25) is 0 Å². The summed E-state index contributed by atoms with van der Waals surface area (Å²) in [6.07, 6.45) is 5.75. The highest BCUT2D eigenvalue weighted by Gasteiger charge is 2.50. The molecule has 0 saturated heterocycles. The first-order valence-electron chi connectivity index (χ1n) is 7.86. The van der Waals surface area contributed by atoms with E-state index >= 15 is 0 Å². The van der Waals surface area contributed by atoms with E-state index < -0.39 is 0 Å². The lowest BCUT2D eigenvalue weighted by Crippen LogP contribution is -2.50. The first kappa shape index (κ1) is 15.6. The van der Waals surface area contributed by atoms with Crippen molar-refractivity contribution in [2.24, 2.45) is 23.2 Å². The number of carbonyl (C=O) groups excluding carboxylic acids is 1. The van der Waals surface area contributed by atoms with E-state index in [0.717, 1.165) is 18.9 Å². The summed E-state index contributed by atoms with van der Waals surface area (Å²) in [7, 11) is 1.47. The van der Waals surface area contributed by atoms with E-state index in [4.69, 9.17) is 4.74 Å². The number of methoxy groups -OCH3 is 1. The van der Waals surface area contributed by atoms with Gasteiger partial charge in [-0.1, -0.05) is 39.3 Å². The van der Waals surface area contributed by atoms with E-state index in [0.29, 0.717) is 17.3 Å². The van der Waals surface area contributed by atoms with Crippen LogP contribution in [0.4, 0.5) is 0 Å². The van der Waals surface area contributed by atoms with Crippen molar-refractivity contribution in [1.29, 1.82) is 0 Å². The van der Waals surface area contributed by atoms with Crippen molar-refractivity contribution in [3.63, 3.8) is 0 Å². The second kappa shape index (κ2) is 5.88. The van der Waals surface area contributed by atoms with E-state index in [1.165, 1.54) is 25.5 Å². The molecule has 0 radical (unpaired) electrons. The molecule has 2 bridgehead atoms. The van der Waals surface area contributed by atoms with Crippen LogP contribution in [0.1, 0.15) is 47.0 Å². The summed E-state index contributed by atoms with van der Waals surface area (Å²) in [6, 6.07) is -0.179. The van der Waals surface area contributed by atoms with Crippen LogP contribution in [0, 0.1) is 23.2 Å². The lowest BCUT2D eigenvalue weighted by atomic mass is 9.49. The number of esters is 1. The summed E-state index contributed by atoms with van der Waals surface area (Å²) < 4.78 is 4.91. The smallest absolute Gasteiger partial charge is 0.322 e. The van der Waals surface area contributed by atoms with E-state index in [2.05, 4.69) is 39.1 Å². The lowest BCUT2D eigenvalue weighted by Gasteiger charge is -2.56. The highest BCUT2D eigenvalue weighted by atomic mass is 16.5. The summed E-state index contributed by atoms with van der Waals surface area (Å²) >= 11 is 0. The molecule has 0 aromatic carbocycles. The van der Waals surface area contributed by atoms with Gasteiger partial charge in [0.05, 0.1) is 7.11 Å². The van der Waals surface area contributed by atoms with Gasteiger partial charge in [0.2, 0.25) is 0 Å². The van der Waals surface area contributed by atoms with Gasteiger partial charge in [-0.15, -0.1) is 0 Å². The number of carbonyl (C=O) groups is 1. The summed E-state index contributed by atoms with van der Waals surface area (Å²) in [5, 5.41) is 3.42. The van der Waals surface area contributed by atoms with Gasteiger partial charge < -0.3 is 10.1 Å². The van der Waals surface area contributed by atoms with Crippen LogP contribution in [0.15, 0.2) is 11.6 Å². The first-order valence-corrected chi connectivity index (χ1v) is 7.86. The van der Waals surface area contributed by atoms with Gasteiger partial charge in [0, 0.05) is 6.54 Å². The van der Waals surface area contributed by atoms with Gasteiger partial charge >= 0.3 is 5.97 Å². The molecular weight excluding hydrogens is 250 g/mol. The van der Waals surface area contributed by atoms with Crippen molar-refractivity contribution in [2.45, 2.75) is 53.0 Å². The van der Waals surface area contributed by atoms with Crippen LogP contribution >= 0.6 is 0 Å². The van der Waals surface area contributed by atoms with Gasteiger partial charge in [-0.25, -0.2) is 0 Å². The lowest BCUT2D eigenvalue weighted by molar-refractivity contribution is -0.143. The molecule has 0 aromatic rings. The molecule has 3 heteroatoms. The Balaban J connectivity index is 1.93. The highest BCUT2D eigenvalue weighted by Crippen LogP contribution is 2.58. The molecule has 2 unspecified atom stereocenters. The Kier molecular flexibility index (Phi) is 4.58. The number of nitrogens with one attached hydrogen (secondary N) is 1. The average molecular weight is 279 g/mol. The molecule has 3 aliphatic carbocycles. The monoisotopic (exact) mass is 279 g/mol. The molecule has 3 atom stereocenters. The fraction of sp³-hybridized carbons (Fsp3) is 0.824. The Morgan fingerprint density at radius 1 is 1.50 bits per heavy atom. The molecule has 3 aliphatic rings. The molecule has 3 rings (SSSR count). The zero-order chi connectivity index (χ0) is 14.9. The van der Waals surface area contributed by atoms with E-state index in [1.807, 2.05) is 0 Å². The molecule has 1 fully saturated rings. The van der Waals surface area contributed by atoms with Crippen molar-refractivity contribution in [1.82, 2.24) is 5.32 Å². The summed E-state index contributed by atoms with van der Waals surface area (Å²) in [4.78, 5) is 11.8. The SMILES string of the molecule is COC(=O)[C@H](CC(C)C)NCC1=CCC2CC1C2(C)C. The van der Waals surface area contributed by atoms with Gasteiger partial charge in [-0.3, -0.25) is 4.79 Å². The van der Waals surface area contributed by atoms with Crippen LogP contribution in [-0.4, -0.2) is 25.7 Å². The van der Waals surface area contributed by atoms with Crippen molar-refractivity contribution < 1.29 is 9.53 Å². The van der Waals surface area contributed by atoms with Crippen molar-refractivity contribution >= 4 is 5.97 Å². The third kappa shape index (κ3) is 2.93. The number of hydrogen-bond donors (Lipinski definition) is 1. The predicted molar refractivity (Wildman–Crippen MR) is 81.3 cm³/mol. The van der Waals surface area contributed by atoms with Crippen LogP contribution < -0.4 is 5.32 Å². The molecule has 20 heavy (non-hydrogen) atoms. The fourth-order valence-corrected chi connectivity index (χ4v) is 3.79. The van der Waals surface area contributed by atoms with E-state index in [-0.39, 0.29) is 12.0 Å². The molecule has 114 valence electrons. The zero-order valence-corrected chi connectivity index (χ0v) is 13.5. The number of hydrogen-bond acceptors (Lipinski definition) is 3. The number of allylic oxidation sites excluding steroid dienone is 1. The van der Waals surface area contributed by atoms with Crippen LogP contribution in [-0.2, 0) is 9.53 Å². The maximum absolute atomic E-state index is 11.8. The van der Waals surface area contributed by atoms with Gasteiger partial charge in [-0.2, -0.15) is 0 Å². The van der Waals surface area contributed by atoms with E-state index in [9.17, 15) is 4.79 Å². The maximum atomic E-state index is 11.8. The minimum atomic E-state index is -0.179. The van der Waals surface area contributed by atoms with Crippen molar-refractivity contribution in [3.05, 3.63) is 11.6 Å². The molecule has 1 saturated carbocycles. The normalized spacial score (nSPS) is 28.6. The Labute approximate surface area is 123 Å². The molecular formula is C17H29NO2. The third-order valence-corrected chi connectivity index (χ3v) is 5.33. The topological polar surface area (TPSA) is 38.3 Å². The summed E-state index contributed by atoms with van der Waals surface area (Å²) in [5.41, 5.74) is 1.94. The maximum Gasteiger partial charge on any atom is 0.322 e. The molecule has 0 aliphatic heterocycles. The Morgan fingerprint density at radius 3 is 2.70 bits per heavy atom. The predicted octanol–water partition coefficient (Wildman–Crippen LogP) is 3.16. The number of rotatable bonds is 6. The zero-order valence-electron chi connectivity index (χ0n) is 13.5. The molecule has 3 nitrogen and oxygen atoms in total. The van der Waals surface area contributed by atoms with Crippen molar-refractivity contribution in [3.8, 4) is 0 Å². The molecule has 1 N–H and O–H groups in total. The summed E-state index contributed by atoms with van der Waals surface area (Å²) in [6.45, 7) is 9.86. The number of fused-ring (bicyclic) bond motifs is 1. The Morgan fingerprint density at radius 2 is 2.20 bits per heavy atom. The second-order valence-corrected chi connectivity index (χ2v) is 7.41. The molecule has 0 aromatic heterocycles. The largest absolute Gasteiger partial charge is 0.468 e. The van der Waals surface area contributed by atoms with Gasteiger partial charge in [-0.05, 0) is 42.4 Å². The van der Waals surface area contributed by atoms with Gasteiger partial charge in [0.25, 0.3) is 0 Å². The first-order chi connectivity index (χ1) is 9.36. The van der Waals surface area contributed by atoms with E-state index in [1.54, 1.807) is 0 Å². The number of ether oxygens (including phenoxy) is 1. The third-order valence-electron chi connectivity index (χ3n) is 5.33. The standard InChI is InChI=1S/C17H29NO2/c1-11(2)8-15(16(19)20-5)18-10-12-6-7-13-9-14(12)17(13,3)4/h6,11,13-15,18H,7-10H2,1-5H3/t13?,14?,15-/m0/s1. The molecule has 0 spiro atoms. The highest BCUT2D eigenvalue weighted by molar-refractivity contribution is 5.75. The summed E-state index contributed by atoms with van der Waals surface area (Å²) in [5.74, 6) is 1.91. The van der Waals surface area contributed by atoms with Crippen LogP contribution in [0.3, 0.4) is 0 Å². The van der Waals surface area contributed by atoms with Crippen LogP contribution in [0.5, 0.6) is 0 Å². The molecule has 0 heterocycles. The van der Waals surface area contributed by atoms with Gasteiger partial charge in [0.1, 0.15) is 6.04 Å². The van der Waals surface area contributed by atoms with Gasteiger partial charge in [0.15, 0.2) is 0 Å². The van der Waals surface area contributed by atoms with Crippen molar-refractivity contribution in [2.75, 3.05) is 13.7 Å². The molecule has 0 amide bonds.